The van der Waals surface area contributed by atoms with Gasteiger partial charge in [-0.2, -0.15) is 5.10 Å². The van der Waals surface area contributed by atoms with Gasteiger partial charge in [0.25, 0.3) is 5.91 Å². The number of aromatic nitrogens is 3. The molecule has 0 spiro atoms. The fraction of sp³-hybridized carbons (Fsp3) is 0.333. The fourth-order valence-electron chi connectivity index (χ4n) is 3.54. The minimum absolute atomic E-state index is 0.130. The zero-order chi connectivity index (χ0) is 22.8. The number of carbonyl (C=O) groups excluding carboxylic acids is 2. The van der Waals surface area contributed by atoms with Crippen LogP contribution in [0.25, 0.3) is 11.3 Å². The van der Waals surface area contributed by atoms with Gasteiger partial charge in [0, 0.05) is 30.5 Å². The number of benzene rings is 1. The summed E-state index contributed by atoms with van der Waals surface area (Å²) in [5, 5.41) is 7.58. The molecule has 2 amide bonds. The number of anilines is 1. The monoisotopic (exact) mass is 457 g/mol. The third-order valence-electron chi connectivity index (χ3n) is 5.19. The van der Waals surface area contributed by atoms with Crippen molar-refractivity contribution in [1.82, 2.24) is 19.7 Å². The van der Waals surface area contributed by atoms with Crippen molar-refractivity contribution in [3.05, 3.63) is 40.5 Å². The highest BCUT2D eigenvalue weighted by molar-refractivity contribution is 7.15. The Hall–Kier alpha value is -3.60. The number of carbonyl (C=O) groups is 2. The number of thiazole rings is 1. The van der Waals surface area contributed by atoms with E-state index < -0.39 is 6.09 Å². The van der Waals surface area contributed by atoms with Crippen LogP contribution in [-0.2, 0) is 24.8 Å². The summed E-state index contributed by atoms with van der Waals surface area (Å²) in [4.78, 5) is 31.8. The molecule has 4 rings (SSSR count). The molecule has 1 aliphatic heterocycles. The maximum atomic E-state index is 13.3. The maximum Gasteiger partial charge on any atom is 0.413 e. The van der Waals surface area contributed by atoms with Crippen molar-refractivity contribution in [2.24, 2.45) is 7.05 Å². The molecular weight excluding hydrogens is 434 g/mol. The summed E-state index contributed by atoms with van der Waals surface area (Å²) in [5.74, 6) is 1.18. The molecule has 0 radical (unpaired) electrons. The van der Waals surface area contributed by atoms with E-state index in [0.29, 0.717) is 47.5 Å². The van der Waals surface area contributed by atoms with E-state index in [0.717, 1.165) is 16.1 Å². The molecule has 0 fully saturated rings. The van der Waals surface area contributed by atoms with E-state index in [-0.39, 0.29) is 5.91 Å². The zero-order valence-electron chi connectivity index (χ0n) is 18.2. The minimum Gasteiger partial charge on any atom is -0.497 e. The van der Waals surface area contributed by atoms with Crippen LogP contribution < -0.4 is 14.8 Å². The van der Waals surface area contributed by atoms with Crippen LogP contribution in [0.4, 0.5) is 9.93 Å². The van der Waals surface area contributed by atoms with Gasteiger partial charge in [-0.1, -0.05) is 11.3 Å². The second-order valence-electron chi connectivity index (χ2n) is 7.09. The second kappa shape index (κ2) is 8.87. The smallest absolute Gasteiger partial charge is 0.413 e. The largest absolute Gasteiger partial charge is 0.497 e. The highest BCUT2D eigenvalue weighted by atomic mass is 32.1. The molecule has 1 aliphatic rings. The first-order valence-electron chi connectivity index (χ1n) is 9.82. The Morgan fingerprint density at radius 1 is 1.16 bits per heavy atom. The molecule has 1 N–H and O–H groups in total. The first kappa shape index (κ1) is 21.6. The van der Waals surface area contributed by atoms with Crippen molar-refractivity contribution >= 4 is 28.5 Å². The highest BCUT2D eigenvalue weighted by Crippen LogP contribution is 2.34. The normalized spacial score (nSPS) is 12.8. The van der Waals surface area contributed by atoms with Crippen LogP contribution in [0, 0.1) is 0 Å². The van der Waals surface area contributed by atoms with E-state index in [4.69, 9.17) is 9.47 Å². The maximum absolute atomic E-state index is 13.3. The molecule has 0 aliphatic carbocycles. The standard InChI is InChI=1S/C21H23N5O5S/c1-25-16(10-15(24-25)13-9-12(29-2)5-6-17(13)30-3)19(27)26-8-7-14-18(11-26)32-20(22-14)23-21(28)31-4/h5-6,9-10H,7-8,11H2,1-4H3,(H,22,23,28). The number of hydrogen-bond donors (Lipinski definition) is 1. The van der Waals surface area contributed by atoms with Crippen molar-refractivity contribution in [2.75, 3.05) is 33.2 Å². The Kier molecular flexibility index (Phi) is 5.99. The van der Waals surface area contributed by atoms with E-state index in [1.54, 1.807) is 49.0 Å². The number of hydrogen-bond acceptors (Lipinski definition) is 8. The quantitative estimate of drug-likeness (QED) is 0.628. The van der Waals surface area contributed by atoms with E-state index >= 15 is 0 Å². The average molecular weight is 458 g/mol. The molecule has 0 bridgehead atoms. The summed E-state index contributed by atoms with van der Waals surface area (Å²) in [6.07, 6.45) is 0.0360. The summed E-state index contributed by atoms with van der Waals surface area (Å²) >= 11 is 1.34. The molecule has 0 unspecified atom stereocenters. The van der Waals surface area contributed by atoms with Crippen LogP contribution in [0.2, 0.25) is 0 Å². The fourth-order valence-corrected chi connectivity index (χ4v) is 4.55. The number of fused-ring (bicyclic) bond motifs is 1. The van der Waals surface area contributed by atoms with Crippen molar-refractivity contribution < 1.29 is 23.8 Å². The van der Waals surface area contributed by atoms with Crippen LogP contribution >= 0.6 is 11.3 Å². The SMILES string of the molecule is COC(=O)Nc1nc2c(s1)CN(C(=O)c1cc(-c3cc(OC)ccc3OC)nn1C)CC2. The van der Waals surface area contributed by atoms with Crippen molar-refractivity contribution in [2.45, 2.75) is 13.0 Å². The van der Waals surface area contributed by atoms with Gasteiger partial charge in [0.05, 0.1) is 39.3 Å². The van der Waals surface area contributed by atoms with Crippen LogP contribution in [0.3, 0.4) is 0 Å². The molecule has 0 saturated carbocycles. The second-order valence-corrected chi connectivity index (χ2v) is 8.17. The van der Waals surface area contributed by atoms with Gasteiger partial charge in [-0.15, -0.1) is 0 Å². The third kappa shape index (κ3) is 4.11. The number of rotatable bonds is 5. The van der Waals surface area contributed by atoms with E-state index in [1.165, 1.54) is 18.4 Å². The van der Waals surface area contributed by atoms with Crippen LogP contribution in [0.1, 0.15) is 21.1 Å². The predicted molar refractivity (Wildman–Crippen MR) is 118 cm³/mol. The van der Waals surface area contributed by atoms with Gasteiger partial charge in [-0.25, -0.2) is 9.78 Å². The summed E-state index contributed by atoms with van der Waals surface area (Å²) in [6.45, 7) is 0.938. The van der Waals surface area contributed by atoms with Gasteiger partial charge >= 0.3 is 6.09 Å². The molecule has 2 aromatic heterocycles. The van der Waals surface area contributed by atoms with Gasteiger partial charge in [0.15, 0.2) is 5.13 Å². The molecule has 0 saturated heterocycles. The molecule has 0 atom stereocenters. The number of aryl methyl sites for hydroxylation is 1. The Bertz CT molecular complexity index is 1170. The molecular formula is C21H23N5O5S. The lowest BCUT2D eigenvalue weighted by Crippen LogP contribution is -2.36. The van der Waals surface area contributed by atoms with Crippen LogP contribution in [0.5, 0.6) is 11.5 Å². The van der Waals surface area contributed by atoms with E-state index in [2.05, 4.69) is 20.1 Å². The number of ether oxygens (including phenoxy) is 3. The third-order valence-corrected chi connectivity index (χ3v) is 6.19. The van der Waals surface area contributed by atoms with Gasteiger partial charge in [0.1, 0.15) is 17.2 Å². The molecule has 1 aromatic carbocycles. The van der Waals surface area contributed by atoms with Crippen molar-refractivity contribution in [1.29, 1.82) is 0 Å². The van der Waals surface area contributed by atoms with Gasteiger partial charge in [-0.3, -0.25) is 14.8 Å². The molecule has 168 valence electrons. The first-order chi connectivity index (χ1) is 15.4. The molecule has 3 heterocycles. The zero-order valence-corrected chi connectivity index (χ0v) is 19.0. The summed E-state index contributed by atoms with van der Waals surface area (Å²) in [5.41, 5.74) is 2.71. The van der Waals surface area contributed by atoms with E-state index in [1.807, 2.05) is 6.07 Å². The van der Waals surface area contributed by atoms with E-state index in [9.17, 15) is 9.59 Å². The lowest BCUT2D eigenvalue weighted by atomic mass is 10.1. The lowest BCUT2D eigenvalue weighted by Gasteiger charge is -2.25. The predicted octanol–water partition coefficient (Wildman–Crippen LogP) is 2.94. The number of nitrogens with zero attached hydrogens (tertiary/aromatic N) is 4. The topological polar surface area (TPSA) is 108 Å². The van der Waals surface area contributed by atoms with Gasteiger partial charge < -0.3 is 19.1 Å². The van der Waals surface area contributed by atoms with Gasteiger partial charge in [-0.05, 0) is 24.3 Å². The van der Waals surface area contributed by atoms with Gasteiger partial charge in [0.2, 0.25) is 0 Å². The van der Waals surface area contributed by atoms with Crippen LogP contribution in [-0.4, -0.2) is 59.5 Å². The Morgan fingerprint density at radius 3 is 2.69 bits per heavy atom. The molecule has 3 aromatic rings. The summed E-state index contributed by atoms with van der Waals surface area (Å²) in [6, 6.07) is 7.20. The number of methoxy groups -OCH3 is 3. The highest BCUT2D eigenvalue weighted by Gasteiger charge is 2.28. The molecule has 32 heavy (non-hydrogen) atoms. The molecule has 11 heteroatoms. The van der Waals surface area contributed by atoms with Crippen LogP contribution in [0.15, 0.2) is 24.3 Å². The Balaban J connectivity index is 1.57. The number of amides is 2. The first-order valence-corrected chi connectivity index (χ1v) is 10.6. The van der Waals surface area contributed by atoms with Crippen molar-refractivity contribution in [3.63, 3.8) is 0 Å². The summed E-state index contributed by atoms with van der Waals surface area (Å²) in [7, 11) is 6.22. The molecule has 10 nitrogen and oxygen atoms in total. The Labute approximate surface area is 188 Å². The number of nitrogens with one attached hydrogen (secondary N) is 1. The Morgan fingerprint density at radius 2 is 1.97 bits per heavy atom. The minimum atomic E-state index is -0.570. The van der Waals surface area contributed by atoms with Crippen molar-refractivity contribution in [3.8, 4) is 22.8 Å². The average Bonchev–Trinajstić information content (AvgIpc) is 3.39. The summed E-state index contributed by atoms with van der Waals surface area (Å²) < 4.78 is 17.0. The lowest BCUT2D eigenvalue weighted by molar-refractivity contribution is 0.0725.